The molecule has 1 aromatic carbocycles. The fourth-order valence-electron chi connectivity index (χ4n) is 4.18. The van der Waals surface area contributed by atoms with Gasteiger partial charge in [-0.05, 0) is 77.0 Å². The average molecular weight is 500 g/mol. The topological polar surface area (TPSA) is 87.7 Å². The molecule has 5 atom stereocenters. The Morgan fingerprint density at radius 3 is 2.28 bits per heavy atom. The van der Waals surface area contributed by atoms with Gasteiger partial charge in [-0.25, -0.2) is 4.79 Å². The lowest BCUT2D eigenvalue weighted by molar-refractivity contribution is -0.145. The van der Waals surface area contributed by atoms with Crippen LogP contribution < -0.4 is 10.6 Å². The van der Waals surface area contributed by atoms with E-state index in [0.717, 1.165) is 12.0 Å². The van der Waals surface area contributed by atoms with Gasteiger partial charge in [-0.2, -0.15) is 0 Å². The first-order chi connectivity index (χ1) is 16.6. The van der Waals surface area contributed by atoms with Crippen LogP contribution in [0, 0.1) is 11.8 Å². The van der Waals surface area contributed by atoms with Crippen molar-refractivity contribution < 1.29 is 19.1 Å². The van der Waals surface area contributed by atoms with E-state index in [2.05, 4.69) is 24.1 Å². The normalized spacial score (nSPS) is 19.9. The van der Waals surface area contributed by atoms with Crippen molar-refractivity contribution in [2.45, 2.75) is 104 Å². The second-order valence-electron chi connectivity index (χ2n) is 12.1. The van der Waals surface area contributed by atoms with Gasteiger partial charge in [0.25, 0.3) is 0 Å². The van der Waals surface area contributed by atoms with Crippen LogP contribution in [0.15, 0.2) is 30.8 Å². The van der Waals surface area contributed by atoms with Crippen LogP contribution >= 0.6 is 0 Å². The molecule has 200 valence electrons. The SMILES string of the molecule is C=Cc1cccc(C(C(=O)NC(C)(C)C)N(C(=O)C(NC(=O)OC(C)(C)C)C(C)CC)C2CC2C)c1. The molecule has 1 aliphatic carbocycles. The summed E-state index contributed by atoms with van der Waals surface area (Å²) in [7, 11) is 0. The van der Waals surface area contributed by atoms with Crippen molar-refractivity contribution in [3.63, 3.8) is 0 Å². The molecule has 2 rings (SSSR count). The lowest BCUT2D eigenvalue weighted by atomic mass is 9.94. The van der Waals surface area contributed by atoms with Crippen LogP contribution in [0.25, 0.3) is 6.08 Å². The van der Waals surface area contributed by atoms with E-state index in [9.17, 15) is 14.4 Å². The van der Waals surface area contributed by atoms with E-state index >= 15 is 0 Å². The Labute approximate surface area is 217 Å². The number of hydrogen-bond donors (Lipinski definition) is 2. The van der Waals surface area contributed by atoms with E-state index in [1.807, 2.05) is 58.9 Å². The lowest BCUT2D eigenvalue weighted by Gasteiger charge is -2.37. The van der Waals surface area contributed by atoms with Crippen molar-refractivity contribution in [2.75, 3.05) is 0 Å². The van der Waals surface area contributed by atoms with Gasteiger partial charge in [-0.1, -0.05) is 58.0 Å². The number of hydrogen-bond acceptors (Lipinski definition) is 4. The molecule has 1 saturated carbocycles. The minimum absolute atomic E-state index is 0.104. The fourth-order valence-corrected chi connectivity index (χ4v) is 4.18. The summed E-state index contributed by atoms with van der Waals surface area (Å²) in [6.45, 7) is 20.9. The number of nitrogens with one attached hydrogen (secondary N) is 2. The number of carbonyl (C=O) groups is 3. The molecule has 0 radical (unpaired) electrons. The summed E-state index contributed by atoms with van der Waals surface area (Å²) in [5.74, 6) is -0.438. The Hall–Kier alpha value is -2.83. The number of amides is 3. The van der Waals surface area contributed by atoms with Gasteiger partial charge in [0, 0.05) is 11.6 Å². The van der Waals surface area contributed by atoms with Crippen LogP contribution in [0.1, 0.15) is 92.3 Å². The molecule has 0 bridgehead atoms. The highest BCUT2D eigenvalue weighted by Crippen LogP contribution is 2.41. The molecular weight excluding hydrogens is 454 g/mol. The van der Waals surface area contributed by atoms with E-state index in [-0.39, 0.29) is 29.7 Å². The maximum absolute atomic E-state index is 14.3. The van der Waals surface area contributed by atoms with Crippen LogP contribution in [0.5, 0.6) is 0 Å². The predicted molar refractivity (Wildman–Crippen MR) is 144 cm³/mol. The summed E-state index contributed by atoms with van der Waals surface area (Å²) < 4.78 is 5.47. The third kappa shape index (κ3) is 8.10. The Morgan fingerprint density at radius 2 is 1.81 bits per heavy atom. The Bertz CT molecular complexity index is 960. The van der Waals surface area contributed by atoms with Gasteiger partial charge in [-0.15, -0.1) is 0 Å². The van der Waals surface area contributed by atoms with Crippen molar-refractivity contribution >= 4 is 24.0 Å². The number of alkyl carbamates (subject to hydrolysis) is 1. The van der Waals surface area contributed by atoms with E-state index in [1.54, 1.807) is 31.7 Å². The Morgan fingerprint density at radius 1 is 1.19 bits per heavy atom. The van der Waals surface area contributed by atoms with Crippen molar-refractivity contribution in [1.82, 2.24) is 15.5 Å². The molecule has 0 aliphatic heterocycles. The summed E-state index contributed by atoms with van der Waals surface area (Å²) in [4.78, 5) is 42.5. The molecule has 7 heteroatoms. The molecule has 0 aromatic heterocycles. The summed E-state index contributed by atoms with van der Waals surface area (Å²) >= 11 is 0. The van der Waals surface area contributed by atoms with Crippen molar-refractivity contribution in [1.29, 1.82) is 0 Å². The second-order valence-corrected chi connectivity index (χ2v) is 12.1. The molecule has 2 N–H and O–H groups in total. The first-order valence-corrected chi connectivity index (χ1v) is 12.9. The van der Waals surface area contributed by atoms with Gasteiger partial charge >= 0.3 is 6.09 Å². The average Bonchev–Trinajstić information content (AvgIpc) is 3.47. The molecular formula is C29H45N3O4. The van der Waals surface area contributed by atoms with Gasteiger partial charge in [0.05, 0.1) is 0 Å². The van der Waals surface area contributed by atoms with Crippen LogP contribution in [-0.4, -0.2) is 46.0 Å². The highest BCUT2D eigenvalue weighted by molar-refractivity contribution is 5.93. The zero-order chi connectivity index (χ0) is 27.4. The van der Waals surface area contributed by atoms with Crippen molar-refractivity contribution in [3.05, 3.63) is 42.0 Å². The third-order valence-electron chi connectivity index (χ3n) is 6.32. The van der Waals surface area contributed by atoms with E-state index in [4.69, 9.17) is 4.74 Å². The quantitative estimate of drug-likeness (QED) is 0.472. The summed E-state index contributed by atoms with van der Waals surface area (Å²) in [6, 6.07) is 5.76. The second kappa shape index (κ2) is 11.5. The fraction of sp³-hybridized carbons (Fsp3) is 0.621. The Balaban J connectivity index is 2.57. The lowest BCUT2D eigenvalue weighted by Crippen LogP contribution is -2.57. The molecule has 36 heavy (non-hydrogen) atoms. The number of nitrogens with zero attached hydrogens (tertiary/aromatic N) is 1. The maximum Gasteiger partial charge on any atom is 0.408 e. The number of ether oxygens (including phenoxy) is 1. The molecule has 5 unspecified atom stereocenters. The van der Waals surface area contributed by atoms with Crippen LogP contribution in [0.3, 0.4) is 0 Å². The number of rotatable bonds is 9. The van der Waals surface area contributed by atoms with Crippen LogP contribution in [0.4, 0.5) is 4.79 Å². The van der Waals surface area contributed by atoms with Gasteiger partial charge in [0.2, 0.25) is 11.8 Å². The molecule has 0 spiro atoms. The van der Waals surface area contributed by atoms with E-state index in [0.29, 0.717) is 12.0 Å². The molecule has 7 nitrogen and oxygen atoms in total. The summed E-state index contributed by atoms with van der Waals surface area (Å²) in [6.07, 6.45) is 2.55. The zero-order valence-electron chi connectivity index (χ0n) is 23.5. The smallest absolute Gasteiger partial charge is 0.408 e. The monoisotopic (exact) mass is 499 g/mol. The Kier molecular flexibility index (Phi) is 9.38. The molecule has 1 fully saturated rings. The van der Waals surface area contributed by atoms with E-state index < -0.39 is 29.3 Å². The minimum Gasteiger partial charge on any atom is -0.444 e. The zero-order valence-corrected chi connectivity index (χ0v) is 23.5. The highest BCUT2D eigenvalue weighted by Gasteiger charge is 2.49. The largest absolute Gasteiger partial charge is 0.444 e. The number of benzene rings is 1. The molecule has 1 aromatic rings. The summed E-state index contributed by atoms with van der Waals surface area (Å²) in [5.41, 5.74) is 0.391. The molecule has 0 heterocycles. The van der Waals surface area contributed by atoms with Gasteiger partial charge in [-0.3, -0.25) is 9.59 Å². The van der Waals surface area contributed by atoms with E-state index in [1.165, 1.54) is 0 Å². The highest BCUT2D eigenvalue weighted by atomic mass is 16.6. The molecule has 3 amide bonds. The van der Waals surface area contributed by atoms with Gasteiger partial charge < -0.3 is 20.3 Å². The predicted octanol–water partition coefficient (Wildman–Crippen LogP) is 5.46. The minimum atomic E-state index is -0.849. The summed E-state index contributed by atoms with van der Waals surface area (Å²) in [5, 5.41) is 5.89. The van der Waals surface area contributed by atoms with Gasteiger partial charge in [0.1, 0.15) is 17.7 Å². The standard InChI is InChI=1S/C29H45N3O4/c1-11-18(3)23(30-27(35)36-29(8,9)10)26(34)32(22-16-19(22)4)24(25(33)31-28(5,6)7)21-15-13-14-20(12-2)17-21/h12-15,17-19,22-24H,2,11,16H2,1,3-10H3,(H,30,35)(H,31,33). The maximum atomic E-state index is 14.3. The van der Waals surface area contributed by atoms with Gasteiger partial charge in [0.15, 0.2) is 0 Å². The third-order valence-corrected chi connectivity index (χ3v) is 6.32. The first kappa shape index (κ1) is 29.4. The van der Waals surface area contributed by atoms with Crippen molar-refractivity contribution in [3.8, 4) is 0 Å². The van der Waals surface area contributed by atoms with Crippen LogP contribution in [0.2, 0.25) is 0 Å². The molecule has 1 aliphatic rings. The van der Waals surface area contributed by atoms with Crippen LogP contribution in [-0.2, 0) is 14.3 Å². The molecule has 0 saturated heterocycles. The first-order valence-electron chi connectivity index (χ1n) is 12.9. The van der Waals surface area contributed by atoms with Crippen molar-refractivity contribution in [2.24, 2.45) is 11.8 Å². The number of carbonyl (C=O) groups excluding carboxylic acids is 3.